The van der Waals surface area contributed by atoms with E-state index in [1.807, 2.05) is 0 Å². The third-order valence-electron chi connectivity index (χ3n) is 8.89. The van der Waals surface area contributed by atoms with Crippen molar-refractivity contribution in [2.75, 3.05) is 0 Å². The molecular formula is C35H57N5O4. The average molecular weight is 612 g/mol. The van der Waals surface area contributed by atoms with Crippen LogP contribution in [-0.2, 0) is 13.1 Å². The van der Waals surface area contributed by atoms with E-state index < -0.39 is 22.5 Å². The van der Waals surface area contributed by atoms with Gasteiger partial charge in [-0.1, -0.05) is 142 Å². The van der Waals surface area contributed by atoms with Crippen LogP contribution in [-0.4, -0.2) is 24.1 Å². The molecule has 2 N–H and O–H groups in total. The molecule has 0 radical (unpaired) electrons. The van der Waals surface area contributed by atoms with Gasteiger partial charge in [-0.15, -0.1) is 0 Å². The van der Waals surface area contributed by atoms with E-state index in [9.17, 15) is 19.2 Å². The first kappa shape index (κ1) is 35.5. The summed E-state index contributed by atoms with van der Waals surface area (Å²) in [5, 5.41) is 0.220. The van der Waals surface area contributed by atoms with Crippen molar-refractivity contribution in [3.8, 4) is 11.4 Å². The van der Waals surface area contributed by atoms with Gasteiger partial charge in [-0.25, -0.2) is 9.59 Å². The predicted molar refractivity (Wildman–Crippen MR) is 181 cm³/mol. The van der Waals surface area contributed by atoms with E-state index in [0.29, 0.717) is 18.7 Å². The van der Waals surface area contributed by atoms with Gasteiger partial charge in [0.2, 0.25) is 0 Å². The van der Waals surface area contributed by atoms with Gasteiger partial charge in [0, 0.05) is 13.1 Å². The lowest BCUT2D eigenvalue weighted by Crippen LogP contribution is -2.38. The Balaban J connectivity index is 1.53. The van der Waals surface area contributed by atoms with E-state index in [-0.39, 0.29) is 16.8 Å². The Morgan fingerprint density at radius 1 is 0.568 bits per heavy atom. The summed E-state index contributed by atoms with van der Waals surface area (Å²) in [6.07, 6.45) is 26.5. The topological polar surface area (TPSA) is 123 Å². The van der Waals surface area contributed by atoms with Crippen LogP contribution in [0.25, 0.3) is 22.4 Å². The van der Waals surface area contributed by atoms with Crippen LogP contribution < -0.4 is 22.5 Å². The Morgan fingerprint density at radius 2 is 1.00 bits per heavy atom. The number of nitrogens with one attached hydrogen (secondary N) is 2. The first-order valence-corrected chi connectivity index (χ1v) is 17.8. The van der Waals surface area contributed by atoms with Crippen LogP contribution in [0.15, 0.2) is 25.2 Å². The number of pyridine rings is 1. The highest BCUT2D eigenvalue weighted by Crippen LogP contribution is 2.21. The first-order chi connectivity index (χ1) is 21.5. The quantitative estimate of drug-likeness (QED) is 0.0795. The van der Waals surface area contributed by atoms with Crippen LogP contribution in [0.2, 0.25) is 0 Å². The maximum atomic E-state index is 13.4. The SMILES string of the molecule is CCCCCCCCCCCCCCCCCCn1c2nc(=O)n(CCCCCCCC)c(=O)c-2cc2c(=O)[nH]c(=O)[nH]c21. The van der Waals surface area contributed by atoms with Crippen LogP contribution in [0.3, 0.4) is 0 Å². The number of aromatic nitrogens is 5. The minimum Gasteiger partial charge on any atom is -0.311 e. The number of fused-ring (bicyclic) bond motifs is 2. The highest BCUT2D eigenvalue weighted by Gasteiger charge is 2.21. The zero-order chi connectivity index (χ0) is 31.6. The number of hydrogen-bond donors (Lipinski definition) is 2. The molecule has 9 heteroatoms. The standard InChI is InChI=1S/C35H57N5O4/c1-3-5-7-9-11-12-13-14-15-16-17-18-19-20-22-23-25-39-30-28(32(41)38-34(43)36-30)27-29-31(39)37-35(44)40(33(29)42)26-24-21-10-8-6-4-2/h27H,3-26H2,1-2H3,(H2,36,38,41,43). The minimum atomic E-state index is -0.624. The zero-order valence-corrected chi connectivity index (χ0v) is 27.5. The van der Waals surface area contributed by atoms with Gasteiger partial charge in [0.1, 0.15) is 5.65 Å². The van der Waals surface area contributed by atoms with Crippen molar-refractivity contribution in [3.05, 3.63) is 47.7 Å². The van der Waals surface area contributed by atoms with Crippen molar-refractivity contribution in [3.63, 3.8) is 0 Å². The molecule has 0 unspecified atom stereocenters. The Bertz CT molecular complexity index is 1450. The molecule has 3 heterocycles. The fourth-order valence-electron chi connectivity index (χ4n) is 6.24. The molecule has 9 nitrogen and oxygen atoms in total. The molecular weight excluding hydrogens is 554 g/mol. The maximum Gasteiger partial charge on any atom is 0.352 e. The lowest BCUT2D eigenvalue weighted by atomic mass is 10.0. The van der Waals surface area contributed by atoms with Crippen molar-refractivity contribution in [2.45, 2.75) is 168 Å². The molecule has 0 amide bonds. The maximum absolute atomic E-state index is 13.4. The summed E-state index contributed by atoms with van der Waals surface area (Å²) in [5.74, 6) is 0.230. The van der Waals surface area contributed by atoms with Crippen molar-refractivity contribution in [1.82, 2.24) is 24.1 Å². The summed E-state index contributed by atoms with van der Waals surface area (Å²) in [6.45, 7) is 5.20. The summed E-state index contributed by atoms with van der Waals surface area (Å²) >= 11 is 0. The number of rotatable bonds is 24. The Hall–Kier alpha value is -2.97. The number of aromatic amines is 2. The third kappa shape index (κ3) is 11.2. The summed E-state index contributed by atoms with van der Waals surface area (Å²) in [7, 11) is 0. The summed E-state index contributed by atoms with van der Waals surface area (Å²) in [4.78, 5) is 60.5. The second-order valence-corrected chi connectivity index (χ2v) is 12.6. The van der Waals surface area contributed by atoms with Crippen molar-refractivity contribution in [2.24, 2.45) is 0 Å². The first-order valence-electron chi connectivity index (χ1n) is 17.8. The van der Waals surface area contributed by atoms with Gasteiger partial charge in [0.05, 0.1) is 10.9 Å². The highest BCUT2D eigenvalue weighted by atomic mass is 16.2. The second-order valence-electron chi connectivity index (χ2n) is 12.6. The molecule has 1 aromatic heterocycles. The van der Waals surface area contributed by atoms with Gasteiger partial charge in [-0.05, 0) is 18.9 Å². The van der Waals surface area contributed by atoms with Crippen LogP contribution in [0.4, 0.5) is 0 Å². The molecule has 0 saturated carbocycles. The molecule has 0 bridgehead atoms. The lowest BCUT2D eigenvalue weighted by molar-refractivity contribution is 0.519. The highest BCUT2D eigenvalue weighted by molar-refractivity contribution is 5.81. The lowest BCUT2D eigenvalue weighted by Gasteiger charge is -2.18. The van der Waals surface area contributed by atoms with Crippen LogP contribution in [0, 0.1) is 0 Å². The van der Waals surface area contributed by atoms with Gasteiger partial charge in [-0.3, -0.25) is 24.1 Å². The monoisotopic (exact) mass is 611 g/mol. The van der Waals surface area contributed by atoms with Crippen molar-refractivity contribution in [1.29, 1.82) is 0 Å². The van der Waals surface area contributed by atoms with Gasteiger partial charge in [-0.2, -0.15) is 4.98 Å². The Morgan fingerprint density at radius 3 is 1.48 bits per heavy atom. The molecule has 2 aliphatic heterocycles. The fraction of sp³-hybridized carbons (Fsp3) is 0.743. The number of hydrogen-bond acceptors (Lipinski definition) is 5. The van der Waals surface area contributed by atoms with Crippen LogP contribution >= 0.6 is 0 Å². The molecule has 0 aliphatic carbocycles. The smallest absolute Gasteiger partial charge is 0.311 e. The molecule has 44 heavy (non-hydrogen) atoms. The van der Waals surface area contributed by atoms with E-state index in [1.54, 1.807) is 4.57 Å². The molecule has 3 rings (SSSR count). The van der Waals surface area contributed by atoms with Crippen molar-refractivity contribution >= 4 is 11.0 Å². The van der Waals surface area contributed by atoms with Gasteiger partial charge < -0.3 is 4.57 Å². The number of unbranched alkanes of at least 4 members (excludes halogenated alkanes) is 20. The fourth-order valence-corrected chi connectivity index (χ4v) is 6.24. The van der Waals surface area contributed by atoms with Crippen LogP contribution in [0.1, 0.15) is 155 Å². The minimum absolute atomic E-state index is 0.220. The third-order valence-corrected chi connectivity index (χ3v) is 8.89. The van der Waals surface area contributed by atoms with Crippen LogP contribution in [0.5, 0.6) is 0 Å². The summed E-state index contributed by atoms with van der Waals surface area (Å²) in [5.41, 5.74) is -1.66. The molecule has 0 saturated heterocycles. The normalized spacial score (nSPS) is 11.7. The van der Waals surface area contributed by atoms with E-state index >= 15 is 0 Å². The van der Waals surface area contributed by atoms with Gasteiger partial charge >= 0.3 is 11.4 Å². The van der Waals surface area contributed by atoms with E-state index in [2.05, 4.69) is 28.8 Å². The molecule has 0 aromatic carbocycles. The van der Waals surface area contributed by atoms with E-state index in [1.165, 1.54) is 101 Å². The zero-order valence-electron chi connectivity index (χ0n) is 27.5. The van der Waals surface area contributed by atoms with Gasteiger partial charge in [0.15, 0.2) is 5.82 Å². The molecule has 2 aliphatic rings. The second kappa shape index (κ2) is 20.1. The Labute approximate surface area is 262 Å². The van der Waals surface area contributed by atoms with E-state index in [4.69, 9.17) is 0 Å². The summed E-state index contributed by atoms with van der Waals surface area (Å²) < 4.78 is 2.87. The summed E-state index contributed by atoms with van der Waals surface area (Å²) in [6, 6.07) is 1.47. The number of aryl methyl sites for hydroxylation is 1. The molecule has 0 atom stereocenters. The Kier molecular flexibility index (Phi) is 16.3. The number of nitrogens with zero attached hydrogens (tertiary/aromatic N) is 3. The number of H-pyrrole nitrogens is 2. The molecule has 0 spiro atoms. The largest absolute Gasteiger partial charge is 0.352 e. The molecule has 1 aromatic rings. The molecule has 246 valence electrons. The average Bonchev–Trinajstić information content (AvgIpc) is 3.00. The molecule has 0 fully saturated rings. The van der Waals surface area contributed by atoms with Gasteiger partial charge in [0.25, 0.3) is 11.1 Å². The predicted octanol–water partition coefficient (Wildman–Crippen LogP) is 7.66. The van der Waals surface area contributed by atoms with Crippen molar-refractivity contribution < 1.29 is 0 Å². The van der Waals surface area contributed by atoms with E-state index in [0.717, 1.165) is 51.4 Å².